The van der Waals surface area contributed by atoms with Gasteiger partial charge in [0.05, 0.1) is 0 Å². The molecule has 0 aliphatic heterocycles. The van der Waals surface area contributed by atoms with Gasteiger partial charge in [0.15, 0.2) is 0 Å². The number of rotatable bonds is 1. The number of carbonyl (C=O) groups is 1. The first-order valence-corrected chi connectivity index (χ1v) is 4.81. The van der Waals surface area contributed by atoms with E-state index in [1.165, 1.54) is 12.8 Å². The summed E-state index contributed by atoms with van der Waals surface area (Å²) in [4.78, 5) is 10.8. The number of carbonyl (C=O) groups excluding carboxylic acids is 1. The highest BCUT2D eigenvalue weighted by atomic mass is 16.1. The zero-order valence-corrected chi connectivity index (χ0v) is 7.84. The Bertz CT molecular complexity index is 237. The van der Waals surface area contributed by atoms with Crippen LogP contribution in [0.5, 0.6) is 0 Å². The highest BCUT2D eigenvalue weighted by molar-refractivity contribution is 5.75. The molecule has 3 aliphatic rings. The van der Waals surface area contributed by atoms with Crippen molar-refractivity contribution >= 4 is 6.29 Å². The number of hydrogen-bond acceptors (Lipinski definition) is 1. The first-order valence-electron chi connectivity index (χ1n) is 4.81. The number of aldehydes is 1. The van der Waals surface area contributed by atoms with Gasteiger partial charge >= 0.3 is 0 Å². The van der Waals surface area contributed by atoms with E-state index in [0.717, 1.165) is 24.2 Å². The fourth-order valence-corrected chi connectivity index (χ4v) is 2.80. The third kappa shape index (κ3) is 0.886. The molecule has 0 aromatic heterocycles. The van der Waals surface area contributed by atoms with E-state index in [2.05, 4.69) is 19.9 Å². The molecule has 0 radical (unpaired) electrons. The van der Waals surface area contributed by atoms with Crippen molar-refractivity contribution in [1.29, 1.82) is 0 Å². The Hall–Kier alpha value is -0.590. The SMILES string of the molecule is CC1(C)[C@@H]2CCC=C(C=O)[C@H]1C2. The van der Waals surface area contributed by atoms with E-state index in [0.29, 0.717) is 11.3 Å². The molecular weight excluding hydrogens is 148 g/mol. The van der Waals surface area contributed by atoms with Crippen LogP contribution in [0.2, 0.25) is 0 Å². The maximum atomic E-state index is 10.8. The molecule has 2 bridgehead atoms. The summed E-state index contributed by atoms with van der Waals surface area (Å²) in [6.07, 6.45) is 6.84. The second-order valence-electron chi connectivity index (χ2n) is 4.71. The third-order valence-electron chi connectivity index (χ3n) is 3.90. The van der Waals surface area contributed by atoms with Crippen LogP contribution in [0.4, 0.5) is 0 Å². The standard InChI is InChI=1S/C11H16O/c1-11(2)9-5-3-4-8(7-12)10(11)6-9/h4,7,9-10H,3,5-6H2,1-2H3/t9-,10-/m1/s1. The molecule has 0 heterocycles. The quantitative estimate of drug-likeness (QED) is 0.544. The minimum Gasteiger partial charge on any atom is -0.298 e. The summed E-state index contributed by atoms with van der Waals surface area (Å²) in [7, 11) is 0. The van der Waals surface area contributed by atoms with Crippen LogP contribution < -0.4 is 0 Å². The molecule has 0 spiro atoms. The number of allylic oxidation sites excluding steroid dienone is 2. The minimum atomic E-state index is 0.392. The van der Waals surface area contributed by atoms with E-state index in [9.17, 15) is 4.79 Å². The maximum Gasteiger partial charge on any atom is 0.146 e. The zero-order valence-electron chi connectivity index (χ0n) is 7.84. The second kappa shape index (κ2) is 2.45. The van der Waals surface area contributed by atoms with E-state index in [-0.39, 0.29) is 0 Å². The summed E-state index contributed by atoms with van der Waals surface area (Å²) in [6, 6.07) is 0. The Labute approximate surface area is 73.8 Å². The van der Waals surface area contributed by atoms with E-state index < -0.39 is 0 Å². The topological polar surface area (TPSA) is 17.1 Å². The van der Waals surface area contributed by atoms with Crippen molar-refractivity contribution in [3.8, 4) is 0 Å². The van der Waals surface area contributed by atoms with Crippen LogP contribution in [0.1, 0.15) is 33.1 Å². The Morgan fingerprint density at radius 1 is 1.58 bits per heavy atom. The van der Waals surface area contributed by atoms with Gasteiger partial charge < -0.3 is 0 Å². The molecule has 0 saturated heterocycles. The van der Waals surface area contributed by atoms with Crippen LogP contribution in [0.3, 0.4) is 0 Å². The second-order valence-corrected chi connectivity index (χ2v) is 4.71. The zero-order chi connectivity index (χ0) is 8.77. The number of fused-ring (bicyclic) bond motifs is 2. The van der Waals surface area contributed by atoms with Crippen molar-refractivity contribution in [2.45, 2.75) is 33.1 Å². The predicted octanol–water partition coefficient (Wildman–Crippen LogP) is 2.57. The van der Waals surface area contributed by atoms with Crippen LogP contribution in [0.15, 0.2) is 11.6 Å². The van der Waals surface area contributed by atoms with Gasteiger partial charge in [0, 0.05) is 0 Å². The largest absolute Gasteiger partial charge is 0.298 e. The molecule has 0 aromatic rings. The van der Waals surface area contributed by atoms with Crippen molar-refractivity contribution in [2.24, 2.45) is 17.3 Å². The molecule has 3 aliphatic carbocycles. The Morgan fingerprint density at radius 3 is 2.92 bits per heavy atom. The van der Waals surface area contributed by atoms with Crippen LogP contribution in [-0.4, -0.2) is 6.29 Å². The molecule has 1 fully saturated rings. The summed E-state index contributed by atoms with van der Waals surface area (Å²) in [5.74, 6) is 1.42. The minimum absolute atomic E-state index is 0.392. The lowest BCUT2D eigenvalue weighted by atomic mass is 9.53. The predicted molar refractivity (Wildman–Crippen MR) is 48.8 cm³/mol. The summed E-state index contributed by atoms with van der Waals surface area (Å²) < 4.78 is 0. The molecule has 0 unspecified atom stereocenters. The molecule has 1 heteroatoms. The van der Waals surface area contributed by atoms with Crippen molar-refractivity contribution in [3.05, 3.63) is 11.6 Å². The van der Waals surface area contributed by atoms with Gasteiger partial charge in [-0.15, -0.1) is 0 Å². The van der Waals surface area contributed by atoms with E-state index in [1.807, 2.05) is 0 Å². The fraction of sp³-hybridized carbons (Fsp3) is 0.727. The van der Waals surface area contributed by atoms with Crippen molar-refractivity contribution in [1.82, 2.24) is 0 Å². The third-order valence-corrected chi connectivity index (χ3v) is 3.90. The molecule has 0 aromatic carbocycles. The summed E-state index contributed by atoms with van der Waals surface area (Å²) >= 11 is 0. The first-order chi connectivity index (χ1) is 5.66. The highest BCUT2D eigenvalue weighted by Gasteiger charge is 2.49. The van der Waals surface area contributed by atoms with E-state index in [4.69, 9.17) is 0 Å². The van der Waals surface area contributed by atoms with Gasteiger partial charge in [0.25, 0.3) is 0 Å². The van der Waals surface area contributed by atoms with Crippen molar-refractivity contribution in [2.75, 3.05) is 0 Å². The number of hydrogen-bond donors (Lipinski definition) is 0. The summed E-state index contributed by atoms with van der Waals surface area (Å²) in [6.45, 7) is 4.60. The van der Waals surface area contributed by atoms with Gasteiger partial charge in [-0.3, -0.25) is 4.79 Å². The van der Waals surface area contributed by atoms with Gasteiger partial charge in [0.1, 0.15) is 6.29 Å². The Balaban J connectivity index is 2.28. The molecule has 2 atom stereocenters. The lowest BCUT2D eigenvalue weighted by Crippen LogP contribution is -2.44. The van der Waals surface area contributed by atoms with Gasteiger partial charge in [-0.05, 0) is 42.1 Å². The molecular formula is C11H16O. The van der Waals surface area contributed by atoms with Crippen LogP contribution in [0.25, 0.3) is 0 Å². The van der Waals surface area contributed by atoms with Gasteiger partial charge in [-0.25, -0.2) is 0 Å². The first kappa shape index (κ1) is 8.03. The monoisotopic (exact) mass is 164 g/mol. The van der Waals surface area contributed by atoms with Gasteiger partial charge in [0.2, 0.25) is 0 Å². The van der Waals surface area contributed by atoms with Gasteiger partial charge in [-0.2, -0.15) is 0 Å². The van der Waals surface area contributed by atoms with E-state index in [1.54, 1.807) is 0 Å². The Kier molecular flexibility index (Phi) is 1.64. The summed E-state index contributed by atoms with van der Waals surface area (Å²) in [5, 5.41) is 0. The molecule has 12 heavy (non-hydrogen) atoms. The van der Waals surface area contributed by atoms with Crippen LogP contribution >= 0.6 is 0 Å². The molecule has 0 N–H and O–H groups in total. The fourth-order valence-electron chi connectivity index (χ4n) is 2.80. The molecule has 66 valence electrons. The maximum absolute atomic E-state index is 10.8. The van der Waals surface area contributed by atoms with Crippen LogP contribution in [-0.2, 0) is 4.79 Å². The molecule has 1 saturated carbocycles. The average molecular weight is 164 g/mol. The van der Waals surface area contributed by atoms with E-state index >= 15 is 0 Å². The smallest absolute Gasteiger partial charge is 0.146 e. The Morgan fingerprint density at radius 2 is 2.33 bits per heavy atom. The highest BCUT2D eigenvalue weighted by Crippen LogP contribution is 2.57. The lowest BCUT2D eigenvalue weighted by molar-refractivity contribution is -0.107. The average Bonchev–Trinajstić information content (AvgIpc) is 2.32. The van der Waals surface area contributed by atoms with Crippen LogP contribution in [0, 0.1) is 17.3 Å². The molecule has 0 amide bonds. The summed E-state index contributed by atoms with van der Waals surface area (Å²) in [5.41, 5.74) is 1.46. The lowest BCUT2D eigenvalue weighted by Gasteiger charge is -2.51. The van der Waals surface area contributed by atoms with Crippen molar-refractivity contribution < 1.29 is 4.79 Å². The normalized spacial score (nSPS) is 37.7. The molecule has 1 nitrogen and oxygen atoms in total. The molecule has 3 rings (SSSR count). The van der Waals surface area contributed by atoms with Gasteiger partial charge in [-0.1, -0.05) is 19.9 Å². The van der Waals surface area contributed by atoms with Crippen molar-refractivity contribution in [3.63, 3.8) is 0 Å².